The third-order valence-corrected chi connectivity index (χ3v) is 3.63. The lowest BCUT2D eigenvalue weighted by atomic mass is 10.1. The van der Waals surface area contributed by atoms with Crippen molar-refractivity contribution in [2.45, 2.75) is 31.9 Å². The molecule has 14 heteroatoms. The lowest BCUT2D eigenvalue weighted by Crippen LogP contribution is -2.54. The molecule has 3 N–H and O–H groups in total. The summed E-state index contributed by atoms with van der Waals surface area (Å²) >= 11 is 0. The highest BCUT2D eigenvalue weighted by Gasteiger charge is 2.38. The van der Waals surface area contributed by atoms with Crippen LogP contribution in [0.3, 0.4) is 0 Å². The van der Waals surface area contributed by atoms with Gasteiger partial charge in [0.2, 0.25) is 0 Å². The Labute approximate surface area is 178 Å². The van der Waals surface area contributed by atoms with Crippen LogP contribution in [-0.4, -0.2) is 77.7 Å². The first kappa shape index (κ1) is 29.1. The van der Waals surface area contributed by atoms with Gasteiger partial charge in [0.25, 0.3) is 0 Å². The molecule has 1 fully saturated rings. The zero-order chi connectivity index (χ0) is 24.9. The van der Waals surface area contributed by atoms with Crippen LogP contribution < -0.4 is 5.32 Å². The van der Waals surface area contributed by atoms with E-state index in [9.17, 15) is 31.1 Å². The fourth-order valence-electron chi connectivity index (χ4n) is 2.22. The third-order valence-electron chi connectivity index (χ3n) is 3.63. The van der Waals surface area contributed by atoms with Crippen molar-refractivity contribution < 1.29 is 55.7 Å². The number of nitrogens with one attached hydrogen (secondary N) is 1. The van der Waals surface area contributed by atoms with Crippen molar-refractivity contribution >= 4 is 17.9 Å². The van der Waals surface area contributed by atoms with Gasteiger partial charge in [0.15, 0.2) is 0 Å². The van der Waals surface area contributed by atoms with Crippen LogP contribution in [0.5, 0.6) is 0 Å². The van der Waals surface area contributed by atoms with Crippen molar-refractivity contribution in [2.75, 3.05) is 26.2 Å². The average molecular weight is 476 g/mol. The Morgan fingerprint density at radius 3 is 1.91 bits per heavy atom. The number of alkyl halides is 6. The Balaban J connectivity index is 0.000000570. The molecule has 0 radical (unpaired) electrons. The molecular formula is C18H22F6N2O6. The molecule has 8 nitrogen and oxygen atoms in total. The van der Waals surface area contributed by atoms with E-state index in [0.29, 0.717) is 13.2 Å². The van der Waals surface area contributed by atoms with Crippen LogP contribution in [0.25, 0.3) is 0 Å². The molecule has 1 aromatic carbocycles. The number of esters is 1. The van der Waals surface area contributed by atoms with E-state index in [0.717, 1.165) is 19.6 Å². The Kier molecular flexibility index (Phi) is 12.3. The summed E-state index contributed by atoms with van der Waals surface area (Å²) in [5.74, 6) is -5.64. The van der Waals surface area contributed by atoms with Crippen LogP contribution in [0.4, 0.5) is 26.3 Å². The third kappa shape index (κ3) is 12.1. The maximum Gasteiger partial charge on any atom is 0.490 e. The van der Waals surface area contributed by atoms with Gasteiger partial charge in [-0.1, -0.05) is 30.3 Å². The first-order valence-electron chi connectivity index (χ1n) is 8.95. The first-order chi connectivity index (χ1) is 14.7. The molecule has 1 heterocycles. The van der Waals surface area contributed by atoms with Crippen LogP contribution in [0.15, 0.2) is 30.3 Å². The van der Waals surface area contributed by atoms with Crippen molar-refractivity contribution in [3.8, 4) is 0 Å². The zero-order valence-electron chi connectivity index (χ0n) is 16.7. The van der Waals surface area contributed by atoms with Gasteiger partial charge in [-0.3, -0.25) is 9.69 Å². The summed E-state index contributed by atoms with van der Waals surface area (Å²) in [4.78, 5) is 31.9. The summed E-state index contributed by atoms with van der Waals surface area (Å²) in [6.45, 7) is 5.54. The molecule has 1 atom stereocenters. The fourth-order valence-corrected chi connectivity index (χ4v) is 2.22. The van der Waals surface area contributed by atoms with Gasteiger partial charge in [0.05, 0.1) is 6.61 Å². The summed E-state index contributed by atoms with van der Waals surface area (Å²) in [6, 6.07) is 10.1. The first-order valence-corrected chi connectivity index (χ1v) is 8.95. The molecule has 32 heavy (non-hydrogen) atoms. The number of piperazine rings is 1. The Bertz CT molecular complexity index is 703. The minimum atomic E-state index is -5.08. The van der Waals surface area contributed by atoms with Gasteiger partial charge < -0.3 is 20.3 Å². The summed E-state index contributed by atoms with van der Waals surface area (Å²) in [6.07, 6.45) is -10.2. The van der Waals surface area contributed by atoms with E-state index in [1.54, 1.807) is 0 Å². The highest BCUT2D eigenvalue weighted by atomic mass is 19.4. The van der Waals surface area contributed by atoms with Crippen LogP contribution in [0.2, 0.25) is 0 Å². The molecular weight excluding hydrogens is 454 g/mol. The van der Waals surface area contributed by atoms with E-state index < -0.39 is 24.3 Å². The van der Waals surface area contributed by atoms with Crippen LogP contribution >= 0.6 is 0 Å². The number of ether oxygens (including phenoxy) is 1. The molecule has 0 bridgehead atoms. The highest BCUT2D eigenvalue weighted by molar-refractivity contribution is 5.76. The molecule has 0 amide bonds. The number of hydrogen-bond acceptors (Lipinski definition) is 6. The van der Waals surface area contributed by atoms with E-state index >= 15 is 0 Å². The minimum absolute atomic E-state index is 0.124. The molecule has 1 saturated heterocycles. The van der Waals surface area contributed by atoms with Crippen molar-refractivity contribution in [1.82, 2.24) is 10.2 Å². The maximum absolute atomic E-state index is 11.9. The van der Waals surface area contributed by atoms with Crippen LogP contribution in [0.1, 0.15) is 12.5 Å². The second-order valence-electron chi connectivity index (χ2n) is 6.03. The van der Waals surface area contributed by atoms with E-state index in [1.807, 2.05) is 25.1 Å². The van der Waals surface area contributed by atoms with E-state index in [4.69, 9.17) is 24.5 Å². The monoisotopic (exact) mass is 476 g/mol. The predicted octanol–water partition coefficient (Wildman–Crippen LogP) is 2.29. The summed E-state index contributed by atoms with van der Waals surface area (Å²) in [5, 5.41) is 17.5. The second-order valence-corrected chi connectivity index (χ2v) is 6.03. The smallest absolute Gasteiger partial charge is 0.475 e. The molecule has 1 unspecified atom stereocenters. The Morgan fingerprint density at radius 2 is 1.50 bits per heavy atom. The average Bonchev–Trinajstić information content (AvgIpc) is 2.69. The lowest BCUT2D eigenvalue weighted by Gasteiger charge is -2.34. The molecule has 0 saturated carbocycles. The summed E-state index contributed by atoms with van der Waals surface area (Å²) in [5.41, 5.74) is 1.23. The molecule has 0 aromatic heterocycles. The molecule has 182 valence electrons. The van der Waals surface area contributed by atoms with Gasteiger partial charge in [0, 0.05) is 26.2 Å². The summed E-state index contributed by atoms with van der Waals surface area (Å²) in [7, 11) is 0. The number of rotatable bonds is 4. The Morgan fingerprint density at radius 1 is 1.03 bits per heavy atom. The molecule has 1 aromatic rings. The van der Waals surface area contributed by atoms with Crippen LogP contribution in [-0.2, 0) is 25.7 Å². The van der Waals surface area contributed by atoms with Crippen LogP contribution in [0, 0.1) is 0 Å². The quantitative estimate of drug-likeness (QED) is 0.448. The number of carbonyl (C=O) groups excluding carboxylic acids is 1. The van der Waals surface area contributed by atoms with E-state index in [-0.39, 0.29) is 12.0 Å². The SMILES string of the molecule is CCOC(=O)C1CNCCN1Cc1ccccc1.O=C(O)C(F)(F)F.O=C(O)C(F)(F)F. The van der Waals surface area contributed by atoms with Gasteiger partial charge in [-0.15, -0.1) is 0 Å². The van der Waals surface area contributed by atoms with Crippen molar-refractivity contribution in [2.24, 2.45) is 0 Å². The van der Waals surface area contributed by atoms with Gasteiger partial charge in [-0.05, 0) is 12.5 Å². The molecule has 1 aliphatic rings. The number of carboxylic acids is 2. The van der Waals surface area contributed by atoms with E-state index in [1.165, 1.54) is 5.56 Å². The second kappa shape index (κ2) is 13.5. The molecule has 1 aliphatic heterocycles. The van der Waals surface area contributed by atoms with Gasteiger partial charge >= 0.3 is 30.3 Å². The normalized spacial score (nSPS) is 16.5. The largest absolute Gasteiger partial charge is 0.490 e. The standard InChI is InChI=1S/C14H20N2O2.2C2HF3O2/c1-2-18-14(17)13-10-15-8-9-16(13)11-12-6-4-3-5-7-12;2*3-2(4,5)1(6)7/h3-7,13,15H,2,8-11H2,1H3;2*(H,6,7). The number of hydrogen-bond donors (Lipinski definition) is 3. The zero-order valence-corrected chi connectivity index (χ0v) is 16.7. The number of nitrogens with zero attached hydrogens (tertiary/aromatic N) is 1. The molecule has 0 aliphatic carbocycles. The van der Waals surface area contributed by atoms with Crippen molar-refractivity contribution in [3.05, 3.63) is 35.9 Å². The molecule has 0 spiro atoms. The number of benzene rings is 1. The molecule has 2 rings (SSSR count). The fraction of sp³-hybridized carbons (Fsp3) is 0.500. The minimum Gasteiger partial charge on any atom is -0.475 e. The van der Waals surface area contributed by atoms with Crippen molar-refractivity contribution in [3.63, 3.8) is 0 Å². The number of halogens is 6. The number of aliphatic carboxylic acids is 2. The van der Waals surface area contributed by atoms with Gasteiger partial charge in [-0.25, -0.2) is 9.59 Å². The van der Waals surface area contributed by atoms with Gasteiger partial charge in [0.1, 0.15) is 6.04 Å². The maximum atomic E-state index is 11.9. The van der Waals surface area contributed by atoms with Gasteiger partial charge in [-0.2, -0.15) is 26.3 Å². The van der Waals surface area contributed by atoms with E-state index in [2.05, 4.69) is 22.3 Å². The Hall–Kier alpha value is -2.87. The number of carboxylic acid groups (broad SMARTS) is 2. The highest BCUT2D eigenvalue weighted by Crippen LogP contribution is 2.14. The van der Waals surface area contributed by atoms with Crippen molar-refractivity contribution in [1.29, 1.82) is 0 Å². The lowest BCUT2D eigenvalue weighted by molar-refractivity contribution is -0.193. The predicted molar refractivity (Wildman–Crippen MR) is 97.5 cm³/mol. The summed E-state index contributed by atoms with van der Waals surface area (Å²) < 4.78 is 68.6. The topological polar surface area (TPSA) is 116 Å². The number of carbonyl (C=O) groups is 3.